The summed E-state index contributed by atoms with van der Waals surface area (Å²) in [5.74, 6) is -0.0177. The maximum Gasteiger partial charge on any atom is 0.280 e. The molecule has 1 aliphatic heterocycles. The van der Waals surface area contributed by atoms with Crippen LogP contribution in [0.4, 0.5) is 10.1 Å². The molecule has 14 heteroatoms. The third-order valence-electron chi connectivity index (χ3n) is 6.47. The Morgan fingerprint density at radius 3 is 2.85 bits per heavy atom. The van der Waals surface area contributed by atoms with Gasteiger partial charge in [0, 0.05) is 32.0 Å². The van der Waals surface area contributed by atoms with Crippen LogP contribution in [0.5, 0.6) is 5.88 Å². The number of rotatable bonds is 12. The van der Waals surface area contributed by atoms with Crippen molar-refractivity contribution in [2.45, 2.75) is 50.1 Å². The number of aromatic nitrogens is 4. The molecule has 1 saturated carbocycles. The molecule has 4 heterocycles. The summed E-state index contributed by atoms with van der Waals surface area (Å²) < 4.78 is 46.7. The molecule has 2 fully saturated rings. The molecule has 39 heavy (non-hydrogen) atoms. The highest BCUT2D eigenvalue weighted by Gasteiger charge is 2.36. The van der Waals surface area contributed by atoms with Crippen LogP contribution in [0.1, 0.15) is 54.1 Å². The number of sulfonamides is 1. The van der Waals surface area contributed by atoms with E-state index in [4.69, 9.17) is 4.74 Å². The van der Waals surface area contributed by atoms with Gasteiger partial charge in [0.2, 0.25) is 15.9 Å². The van der Waals surface area contributed by atoms with E-state index < -0.39 is 28.1 Å². The molecule has 5 rings (SSSR count). The standard InChI is InChI=1S/C25H30FN7O4S2/c1-2-37-23-14-27-12-21(30-23)22-13-29-25(38-22)24(34)31-19(7-10-33-9-6-16(26)15-33)20-11-17(5-8-28-20)32-39(35,36)18-3-4-18/h5,8,11-14,16,18-19H,2-4,6-7,9-10,15H2,1H3,(H,28,32)(H,31,34)/t16-,19-/m0/s1. The monoisotopic (exact) mass is 575 g/mol. The van der Waals surface area contributed by atoms with Crippen molar-refractivity contribution >= 4 is 33.0 Å². The van der Waals surface area contributed by atoms with E-state index in [1.165, 1.54) is 23.7 Å². The van der Waals surface area contributed by atoms with Crippen LogP contribution in [0, 0.1) is 0 Å². The lowest BCUT2D eigenvalue weighted by Crippen LogP contribution is -2.33. The van der Waals surface area contributed by atoms with Gasteiger partial charge in [-0.1, -0.05) is 0 Å². The lowest BCUT2D eigenvalue weighted by atomic mass is 10.1. The predicted octanol–water partition coefficient (Wildman–Crippen LogP) is 3.20. The summed E-state index contributed by atoms with van der Waals surface area (Å²) in [5, 5.41) is 2.86. The van der Waals surface area contributed by atoms with E-state index in [0.717, 1.165) is 0 Å². The number of hydrogen-bond donors (Lipinski definition) is 2. The molecule has 208 valence electrons. The number of thiazole rings is 1. The number of nitrogens with one attached hydrogen (secondary N) is 2. The van der Waals surface area contributed by atoms with Gasteiger partial charge in [-0.15, -0.1) is 11.3 Å². The van der Waals surface area contributed by atoms with Gasteiger partial charge in [0.15, 0.2) is 5.01 Å². The maximum absolute atomic E-state index is 13.7. The Morgan fingerprint density at radius 2 is 2.10 bits per heavy atom. The van der Waals surface area contributed by atoms with Crippen molar-refractivity contribution in [2.75, 3.05) is 31.0 Å². The number of carbonyl (C=O) groups is 1. The second-order valence-corrected chi connectivity index (χ2v) is 12.5. The molecule has 2 atom stereocenters. The van der Waals surface area contributed by atoms with E-state index in [1.54, 1.807) is 24.5 Å². The van der Waals surface area contributed by atoms with Gasteiger partial charge >= 0.3 is 0 Å². The van der Waals surface area contributed by atoms with Crippen LogP contribution in [0.3, 0.4) is 0 Å². The Labute approximate surface area is 230 Å². The number of hydrogen-bond acceptors (Lipinski definition) is 10. The molecule has 2 aliphatic rings. The number of alkyl halides is 1. The number of nitrogens with zero attached hydrogens (tertiary/aromatic N) is 5. The quantitative estimate of drug-likeness (QED) is 0.333. The molecule has 0 spiro atoms. The van der Waals surface area contributed by atoms with Gasteiger partial charge in [-0.05, 0) is 44.7 Å². The van der Waals surface area contributed by atoms with Gasteiger partial charge in [0.05, 0.1) is 46.6 Å². The van der Waals surface area contributed by atoms with E-state index in [9.17, 15) is 17.6 Å². The molecule has 1 saturated heterocycles. The minimum atomic E-state index is -3.45. The Bertz CT molecular complexity index is 1420. The van der Waals surface area contributed by atoms with Crippen molar-refractivity contribution in [3.8, 4) is 16.5 Å². The summed E-state index contributed by atoms with van der Waals surface area (Å²) in [4.78, 5) is 33.2. The van der Waals surface area contributed by atoms with Gasteiger partial charge in [-0.2, -0.15) is 0 Å². The fourth-order valence-corrected chi connectivity index (χ4v) is 6.48. The van der Waals surface area contributed by atoms with E-state index in [0.29, 0.717) is 79.8 Å². The average Bonchev–Trinajstić information content (AvgIpc) is 3.53. The molecule has 2 N–H and O–H groups in total. The SMILES string of the molecule is CCOc1cncc(-c2cnc(C(=O)N[C@@H](CCN3CC[C@H](F)C3)c3cc(NS(=O)(=O)C4CC4)ccn3)s2)n1. The number of carbonyl (C=O) groups excluding carboxylic acids is 1. The topological polar surface area (TPSA) is 139 Å². The maximum atomic E-state index is 13.7. The highest BCUT2D eigenvalue weighted by molar-refractivity contribution is 7.93. The van der Waals surface area contributed by atoms with Crippen molar-refractivity contribution in [3.05, 3.63) is 47.6 Å². The number of pyridine rings is 1. The molecular formula is C25H30FN7O4S2. The van der Waals surface area contributed by atoms with Gasteiger partial charge < -0.3 is 15.0 Å². The molecule has 0 unspecified atom stereocenters. The van der Waals surface area contributed by atoms with Crippen LogP contribution in [-0.4, -0.2) is 76.8 Å². The molecule has 0 aromatic carbocycles. The zero-order chi connectivity index (χ0) is 27.4. The Morgan fingerprint density at radius 1 is 1.26 bits per heavy atom. The van der Waals surface area contributed by atoms with E-state index in [2.05, 4.69) is 30.0 Å². The average molecular weight is 576 g/mol. The summed E-state index contributed by atoms with van der Waals surface area (Å²) in [6.45, 7) is 3.86. The van der Waals surface area contributed by atoms with Gasteiger partial charge in [-0.25, -0.2) is 22.8 Å². The van der Waals surface area contributed by atoms with Gasteiger partial charge in [0.1, 0.15) is 11.9 Å². The smallest absolute Gasteiger partial charge is 0.280 e. The van der Waals surface area contributed by atoms with Crippen molar-refractivity contribution in [1.82, 2.24) is 30.2 Å². The summed E-state index contributed by atoms with van der Waals surface area (Å²) in [6.07, 6.45) is 7.56. The lowest BCUT2D eigenvalue weighted by molar-refractivity contribution is 0.0930. The first kappa shape index (κ1) is 27.3. The van der Waals surface area contributed by atoms with E-state index in [1.807, 2.05) is 11.8 Å². The van der Waals surface area contributed by atoms with Gasteiger partial charge in [-0.3, -0.25) is 19.5 Å². The van der Waals surface area contributed by atoms with Crippen LogP contribution in [-0.2, 0) is 10.0 Å². The van der Waals surface area contributed by atoms with Crippen LogP contribution >= 0.6 is 11.3 Å². The molecule has 3 aromatic heterocycles. The number of likely N-dealkylation sites (tertiary alicyclic amines) is 1. The van der Waals surface area contributed by atoms with E-state index in [-0.39, 0.29) is 10.3 Å². The number of ether oxygens (including phenoxy) is 1. The molecule has 1 aliphatic carbocycles. The molecular weight excluding hydrogens is 545 g/mol. The third kappa shape index (κ3) is 7.05. The summed E-state index contributed by atoms with van der Waals surface area (Å²) in [5.41, 5.74) is 1.43. The second kappa shape index (κ2) is 11.9. The highest BCUT2D eigenvalue weighted by Crippen LogP contribution is 2.31. The first-order valence-electron chi connectivity index (χ1n) is 12.9. The highest BCUT2D eigenvalue weighted by atomic mass is 32.2. The fourth-order valence-electron chi connectivity index (χ4n) is 4.32. The molecule has 0 bridgehead atoms. The number of anilines is 1. The Kier molecular flexibility index (Phi) is 8.33. The molecule has 11 nitrogen and oxygen atoms in total. The normalized spacial score (nSPS) is 18.6. The molecule has 0 radical (unpaired) electrons. The number of amides is 1. The Hall–Kier alpha value is -3.23. The zero-order valence-electron chi connectivity index (χ0n) is 21.4. The van der Waals surface area contributed by atoms with Crippen molar-refractivity contribution in [2.24, 2.45) is 0 Å². The molecule has 3 aromatic rings. The third-order valence-corrected chi connectivity index (χ3v) is 9.36. The number of halogens is 1. The zero-order valence-corrected chi connectivity index (χ0v) is 23.0. The second-order valence-electron chi connectivity index (χ2n) is 9.52. The summed E-state index contributed by atoms with van der Waals surface area (Å²) in [6, 6.07) is 2.67. The minimum absolute atomic E-state index is 0.231. The van der Waals surface area contributed by atoms with Crippen molar-refractivity contribution in [1.29, 1.82) is 0 Å². The first-order valence-corrected chi connectivity index (χ1v) is 15.2. The van der Waals surface area contributed by atoms with Gasteiger partial charge in [0.25, 0.3) is 5.91 Å². The minimum Gasteiger partial charge on any atom is -0.477 e. The van der Waals surface area contributed by atoms with Crippen molar-refractivity contribution < 1.29 is 22.3 Å². The first-order chi connectivity index (χ1) is 18.8. The Balaban J connectivity index is 1.33. The molecule has 1 amide bonds. The lowest BCUT2D eigenvalue weighted by Gasteiger charge is -2.22. The summed E-state index contributed by atoms with van der Waals surface area (Å²) >= 11 is 1.17. The van der Waals surface area contributed by atoms with Crippen LogP contribution in [0.25, 0.3) is 10.6 Å². The van der Waals surface area contributed by atoms with Crippen LogP contribution in [0.15, 0.2) is 36.9 Å². The largest absolute Gasteiger partial charge is 0.477 e. The van der Waals surface area contributed by atoms with Crippen molar-refractivity contribution in [3.63, 3.8) is 0 Å². The van der Waals surface area contributed by atoms with Crippen LogP contribution in [0.2, 0.25) is 0 Å². The van der Waals surface area contributed by atoms with E-state index >= 15 is 0 Å². The van der Waals surface area contributed by atoms with Crippen LogP contribution < -0.4 is 14.8 Å². The fraction of sp³-hybridized carbons (Fsp3) is 0.480. The predicted molar refractivity (Wildman–Crippen MR) is 145 cm³/mol. The summed E-state index contributed by atoms with van der Waals surface area (Å²) in [7, 11) is -3.45.